The Balaban J connectivity index is 0.00000156. The van der Waals surface area contributed by atoms with Gasteiger partial charge < -0.3 is 4.57 Å². The van der Waals surface area contributed by atoms with Crippen LogP contribution in [0.5, 0.6) is 0 Å². The second-order valence-corrected chi connectivity index (χ2v) is 7.55. The first-order valence-electron chi connectivity index (χ1n) is 8.19. The van der Waals surface area contributed by atoms with Crippen molar-refractivity contribution in [2.75, 3.05) is 0 Å². The molecular formula is C19H22BrClN2. The van der Waals surface area contributed by atoms with Crippen molar-refractivity contribution in [3.8, 4) is 0 Å². The first-order chi connectivity index (χ1) is 10.7. The first-order valence-corrected chi connectivity index (χ1v) is 8.98. The zero-order chi connectivity index (χ0) is 15.2. The standard InChI is InChI=1S/C19H21BrN2.ClH/c1-2-19-7-3-4-15-5-6-17(20)16(18(15)19)10-14(11-19)12-22-9-8-21-13-22;/h5-6,8-10,13H,2-4,7,11-12H2,1H3;1H. The molecule has 0 bridgehead atoms. The van der Waals surface area contributed by atoms with Crippen LogP contribution in [-0.2, 0) is 18.4 Å². The van der Waals surface area contributed by atoms with Gasteiger partial charge in [0, 0.05) is 23.4 Å². The minimum atomic E-state index is 0. The van der Waals surface area contributed by atoms with Gasteiger partial charge in [0.05, 0.1) is 6.33 Å². The molecule has 4 rings (SSSR count). The lowest BCUT2D eigenvalue weighted by molar-refractivity contribution is 0.335. The van der Waals surface area contributed by atoms with Gasteiger partial charge in [-0.1, -0.05) is 35.0 Å². The van der Waals surface area contributed by atoms with Crippen molar-refractivity contribution in [1.29, 1.82) is 0 Å². The molecule has 0 radical (unpaired) electrons. The van der Waals surface area contributed by atoms with Crippen LogP contribution in [-0.4, -0.2) is 9.55 Å². The van der Waals surface area contributed by atoms with Crippen LogP contribution in [0.4, 0.5) is 0 Å². The summed E-state index contributed by atoms with van der Waals surface area (Å²) in [6.07, 6.45) is 14.6. The summed E-state index contributed by atoms with van der Waals surface area (Å²) in [5.74, 6) is 0. The molecule has 122 valence electrons. The van der Waals surface area contributed by atoms with Gasteiger partial charge in [0.25, 0.3) is 0 Å². The zero-order valence-corrected chi connectivity index (χ0v) is 15.8. The number of allylic oxidation sites excluding steroid dienone is 1. The molecule has 0 spiro atoms. The number of hydrogen-bond donors (Lipinski definition) is 0. The quantitative estimate of drug-likeness (QED) is 0.669. The molecule has 2 aromatic rings. The summed E-state index contributed by atoms with van der Waals surface area (Å²) in [5, 5.41) is 0. The molecule has 0 fully saturated rings. The largest absolute Gasteiger partial charge is 0.333 e. The van der Waals surface area contributed by atoms with Crippen LogP contribution in [0.2, 0.25) is 0 Å². The highest BCUT2D eigenvalue weighted by molar-refractivity contribution is 9.10. The number of benzene rings is 1. The van der Waals surface area contributed by atoms with Crippen LogP contribution in [0, 0.1) is 0 Å². The van der Waals surface area contributed by atoms with Crippen LogP contribution < -0.4 is 0 Å². The van der Waals surface area contributed by atoms with Crippen molar-refractivity contribution in [2.45, 2.75) is 51.0 Å². The molecule has 0 N–H and O–H groups in total. The van der Waals surface area contributed by atoms with E-state index in [2.05, 4.69) is 56.8 Å². The molecule has 0 amide bonds. The summed E-state index contributed by atoms with van der Waals surface area (Å²) in [6, 6.07) is 4.57. The summed E-state index contributed by atoms with van der Waals surface area (Å²) in [5.41, 5.74) is 6.50. The van der Waals surface area contributed by atoms with Gasteiger partial charge >= 0.3 is 0 Å². The monoisotopic (exact) mass is 392 g/mol. The van der Waals surface area contributed by atoms with Crippen LogP contribution in [0.15, 0.2) is 40.9 Å². The maximum atomic E-state index is 4.18. The minimum Gasteiger partial charge on any atom is -0.333 e. The minimum absolute atomic E-state index is 0. The van der Waals surface area contributed by atoms with Gasteiger partial charge in [-0.15, -0.1) is 12.4 Å². The van der Waals surface area contributed by atoms with Crippen molar-refractivity contribution in [3.63, 3.8) is 0 Å². The van der Waals surface area contributed by atoms with E-state index < -0.39 is 0 Å². The zero-order valence-electron chi connectivity index (χ0n) is 13.4. The Morgan fingerprint density at radius 2 is 2.22 bits per heavy atom. The molecule has 0 aliphatic heterocycles. The second-order valence-electron chi connectivity index (χ2n) is 6.70. The van der Waals surface area contributed by atoms with E-state index >= 15 is 0 Å². The number of aromatic nitrogens is 2. The van der Waals surface area contributed by atoms with E-state index in [0.717, 1.165) is 6.54 Å². The molecule has 1 unspecified atom stereocenters. The molecule has 4 heteroatoms. The third kappa shape index (κ3) is 2.78. The second kappa shape index (κ2) is 6.45. The van der Waals surface area contributed by atoms with E-state index in [1.165, 1.54) is 47.7 Å². The highest BCUT2D eigenvalue weighted by Gasteiger charge is 2.40. The summed E-state index contributed by atoms with van der Waals surface area (Å²) in [6.45, 7) is 3.32. The fraction of sp³-hybridized carbons (Fsp3) is 0.421. The maximum Gasteiger partial charge on any atom is 0.0948 e. The fourth-order valence-corrected chi connectivity index (χ4v) is 4.86. The van der Waals surface area contributed by atoms with Crippen LogP contribution in [0.25, 0.3) is 6.08 Å². The molecule has 23 heavy (non-hydrogen) atoms. The van der Waals surface area contributed by atoms with Gasteiger partial charge in [-0.05, 0) is 65.8 Å². The molecule has 0 saturated carbocycles. The summed E-state index contributed by atoms with van der Waals surface area (Å²) in [4.78, 5) is 4.18. The highest BCUT2D eigenvalue weighted by atomic mass is 79.9. The topological polar surface area (TPSA) is 17.8 Å². The summed E-state index contributed by atoms with van der Waals surface area (Å²) in [7, 11) is 0. The lowest BCUT2D eigenvalue weighted by atomic mass is 9.61. The predicted molar refractivity (Wildman–Crippen MR) is 101 cm³/mol. The number of hydrogen-bond acceptors (Lipinski definition) is 1. The summed E-state index contributed by atoms with van der Waals surface area (Å²) < 4.78 is 3.43. The van der Waals surface area contributed by atoms with Crippen molar-refractivity contribution in [3.05, 3.63) is 57.6 Å². The molecule has 2 aliphatic carbocycles. The van der Waals surface area contributed by atoms with Crippen molar-refractivity contribution in [2.24, 2.45) is 0 Å². The average Bonchev–Trinajstić information content (AvgIpc) is 3.03. The van der Waals surface area contributed by atoms with Crippen LogP contribution >= 0.6 is 28.3 Å². The van der Waals surface area contributed by atoms with E-state index in [1.807, 2.05) is 12.5 Å². The maximum absolute atomic E-state index is 4.18. The molecule has 1 atom stereocenters. The Kier molecular flexibility index (Phi) is 4.70. The molecule has 1 heterocycles. The highest BCUT2D eigenvalue weighted by Crippen LogP contribution is 2.51. The third-order valence-corrected chi connectivity index (χ3v) is 6.14. The van der Waals surface area contributed by atoms with Crippen molar-refractivity contribution < 1.29 is 0 Å². The smallest absolute Gasteiger partial charge is 0.0948 e. The molecule has 0 saturated heterocycles. The molecular weight excluding hydrogens is 372 g/mol. The Morgan fingerprint density at radius 1 is 1.35 bits per heavy atom. The van der Waals surface area contributed by atoms with Gasteiger partial charge in [-0.3, -0.25) is 0 Å². The Morgan fingerprint density at radius 3 is 2.96 bits per heavy atom. The number of imidazole rings is 1. The number of nitrogens with zero attached hydrogens (tertiary/aromatic N) is 2. The molecule has 1 aromatic heterocycles. The molecule has 1 aromatic carbocycles. The van der Waals surface area contributed by atoms with Crippen molar-refractivity contribution in [1.82, 2.24) is 9.55 Å². The van der Waals surface area contributed by atoms with E-state index in [1.54, 1.807) is 11.1 Å². The average molecular weight is 394 g/mol. The fourth-order valence-electron chi connectivity index (χ4n) is 4.42. The normalized spacial score (nSPS) is 22.1. The van der Waals surface area contributed by atoms with Crippen molar-refractivity contribution >= 4 is 34.4 Å². The third-order valence-electron chi connectivity index (χ3n) is 5.45. The Hall–Kier alpha value is -1.06. The predicted octanol–water partition coefficient (Wildman–Crippen LogP) is 5.54. The molecule has 2 nitrogen and oxygen atoms in total. The van der Waals surface area contributed by atoms with Gasteiger partial charge in [0.2, 0.25) is 0 Å². The van der Waals surface area contributed by atoms with Gasteiger partial charge in [0.15, 0.2) is 0 Å². The lowest BCUT2D eigenvalue weighted by Crippen LogP contribution is -2.34. The van der Waals surface area contributed by atoms with Crippen LogP contribution in [0.1, 0.15) is 49.3 Å². The van der Waals surface area contributed by atoms with E-state index in [4.69, 9.17) is 0 Å². The summed E-state index contributed by atoms with van der Waals surface area (Å²) >= 11 is 3.79. The number of aryl methyl sites for hydroxylation is 1. The lowest BCUT2D eigenvalue weighted by Gasteiger charge is -2.43. The Bertz CT molecular complexity index is 736. The van der Waals surface area contributed by atoms with Gasteiger partial charge in [-0.25, -0.2) is 4.98 Å². The number of halogens is 2. The molecule has 2 aliphatic rings. The van der Waals surface area contributed by atoms with E-state index in [0.29, 0.717) is 5.41 Å². The van der Waals surface area contributed by atoms with E-state index in [9.17, 15) is 0 Å². The van der Waals surface area contributed by atoms with Gasteiger partial charge in [0.1, 0.15) is 0 Å². The van der Waals surface area contributed by atoms with Gasteiger partial charge in [-0.2, -0.15) is 0 Å². The number of rotatable bonds is 3. The first kappa shape index (κ1) is 16.8. The van der Waals surface area contributed by atoms with E-state index in [-0.39, 0.29) is 12.4 Å². The Labute approximate surface area is 152 Å². The van der Waals surface area contributed by atoms with Crippen LogP contribution in [0.3, 0.4) is 0 Å². The SMILES string of the molecule is CCC12CCCc3ccc(Br)c(c31)C=C(Cn1ccnc1)C2.Cl.